The summed E-state index contributed by atoms with van der Waals surface area (Å²) >= 11 is 0. The number of rotatable bonds is 10. The molecule has 4 rings (SSSR count). The van der Waals surface area contributed by atoms with Crippen LogP contribution in [-0.4, -0.2) is 112 Å². The maximum absolute atomic E-state index is 13.3. The van der Waals surface area contributed by atoms with Crippen molar-refractivity contribution in [3.8, 4) is 40.1 Å². The SMILES string of the molecule is C[C@@H]1C[C@@H](OCC[C@@H](O)[C@@H](O)[C@@H](O)[C@@H](O)Oc2c(-c3ccc(O)c(O)c3)oc3cc(O)cc(O)c3c2=O)[C@H](O)[C@@H](O)[C@H]1O. The molecule has 11 N–H and O–H groups in total. The van der Waals surface area contributed by atoms with Crippen molar-refractivity contribution >= 4 is 11.0 Å². The number of phenolic OH excluding ortho intramolecular Hbond substituents is 4. The number of ether oxygens (including phenoxy) is 2. The second kappa shape index (κ2) is 12.9. The maximum atomic E-state index is 13.3. The summed E-state index contributed by atoms with van der Waals surface area (Å²) < 4.78 is 16.4. The van der Waals surface area contributed by atoms with Crippen LogP contribution in [0.15, 0.2) is 39.5 Å². The molecule has 236 valence electrons. The van der Waals surface area contributed by atoms with Crippen LogP contribution < -0.4 is 10.2 Å². The van der Waals surface area contributed by atoms with Gasteiger partial charge in [-0.15, -0.1) is 0 Å². The quantitative estimate of drug-likeness (QED) is 0.0966. The van der Waals surface area contributed by atoms with Gasteiger partial charge in [-0.05, 0) is 37.0 Å². The number of aromatic hydroxyl groups is 4. The Morgan fingerprint density at radius 2 is 1.58 bits per heavy atom. The summed E-state index contributed by atoms with van der Waals surface area (Å²) in [6.07, 6.45) is -13.3. The Morgan fingerprint density at radius 1 is 0.884 bits per heavy atom. The van der Waals surface area contributed by atoms with E-state index < -0.39 is 94.3 Å². The molecule has 0 amide bonds. The largest absolute Gasteiger partial charge is 0.508 e. The Bertz CT molecular complexity index is 1490. The van der Waals surface area contributed by atoms with Crippen molar-refractivity contribution in [1.29, 1.82) is 0 Å². The summed E-state index contributed by atoms with van der Waals surface area (Å²) in [5, 5.41) is 111. The monoisotopic (exact) mass is 610 g/mol. The van der Waals surface area contributed by atoms with E-state index in [0.717, 1.165) is 24.3 Å². The minimum atomic E-state index is -2.37. The molecule has 1 aliphatic carbocycles. The molecule has 2 aromatic carbocycles. The smallest absolute Gasteiger partial charge is 0.239 e. The third-order valence-corrected chi connectivity index (χ3v) is 7.44. The van der Waals surface area contributed by atoms with Gasteiger partial charge in [0.25, 0.3) is 0 Å². The Morgan fingerprint density at radius 3 is 2.26 bits per heavy atom. The standard InChI is InChI=1S/C28H34O15/c1-10-6-18(22(36)24(38)20(10)34)41-5-4-14(31)21(35)25(39)28(40)43-27-23(37)19-16(33)8-12(29)9-17(19)42-26(27)11-2-3-13(30)15(32)7-11/h2-3,7-10,14,18,20-22,24-25,28-36,38-40H,4-6H2,1H3/t10-,14-,18-,20+,21-,22+,24+,25-,28+/m1/s1. The summed E-state index contributed by atoms with van der Waals surface area (Å²) in [5.41, 5.74) is -1.46. The Labute approximate surface area is 243 Å². The molecule has 0 saturated heterocycles. The fourth-order valence-electron chi connectivity index (χ4n) is 4.90. The second-order valence-corrected chi connectivity index (χ2v) is 10.6. The van der Waals surface area contributed by atoms with Crippen molar-refractivity contribution in [1.82, 2.24) is 0 Å². The van der Waals surface area contributed by atoms with E-state index in [1.54, 1.807) is 6.92 Å². The third kappa shape index (κ3) is 6.63. The highest BCUT2D eigenvalue weighted by Crippen LogP contribution is 2.38. The number of benzene rings is 2. The first-order valence-corrected chi connectivity index (χ1v) is 13.3. The first kappa shape index (κ1) is 32.2. The summed E-state index contributed by atoms with van der Waals surface area (Å²) in [4.78, 5) is 13.3. The number of phenols is 4. The Balaban J connectivity index is 1.52. The summed E-state index contributed by atoms with van der Waals surface area (Å²) in [5.74, 6) is -3.94. The molecule has 1 heterocycles. The van der Waals surface area contributed by atoms with Crippen LogP contribution in [0.2, 0.25) is 0 Å². The fraction of sp³-hybridized carbons (Fsp3) is 0.464. The van der Waals surface area contributed by atoms with E-state index in [1.165, 1.54) is 6.07 Å². The predicted molar refractivity (Wildman–Crippen MR) is 145 cm³/mol. The normalized spacial score (nSPS) is 25.3. The molecular weight excluding hydrogens is 576 g/mol. The van der Waals surface area contributed by atoms with Crippen molar-refractivity contribution in [3.63, 3.8) is 0 Å². The molecule has 15 heteroatoms. The van der Waals surface area contributed by atoms with Crippen molar-refractivity contribution < 1.29 is 70.1 Å². The van der Waals surface area contributed by atoms with E-state index >= 15 is 0 Å². The van der Waals surface area contributed by atoms with Crippen LogP contribution in [0.5, 0.6) is 28.7 Å². The summed E-state index contributed by atoms with van der Waals surface area (Å²) in [7, 11) is 0. The van der Waals surface area contributed by atoms with Crippen LogP contribution in [0, 0.1) is 5.92 Å². The van der Waals surface area contributed by atoms with Gasteiger partial charge in [0, 0.05) is 24.3 Å². The number of aliphatic hydroxyl groups excluding tert-OH is 7. The van der Waals surface area contributed by atoms with E-state index in [-0.39, 0.29) is 36.5 Å². The zero-order valence-electron chi connectivity index (χ0n) is 22.8. The van der Waals surface area contributed by atoms with Crippen molar-refractivity contribution in [2.45, 2.75) is 68.8 Å². The van der Waals surface area contributed by atoms with Crippen LogP contribution in [0.1, 0.15) is 19.8 Å². The maximum Gasteiger partial charge on any atom is 0.239 e. The van der Waals surface area contributed by atoms with Gasteiger partial charge in [0.1, 0.15) is 46.9 Å². The highest BCUT2D eigenvalue weighted by Gasteiger charge is 2.41. The average Bonchev–Trinajstić information content (AvgIpc) is 2.95. The molecule has 1 saturated carbocycles. The van der Waals surface area contributed by atoms with Gasteiger partial charge in [-0.2, -0.15) is 0 Å². The lowest BCUT2D eigenvalue weighted by Crippen LogP contribution is -2.53. The number of hydrogen-bond acceptors (Lipinski definition) is 15. The molecule has 0 radical (unpaired) electrons. The molecule has 0 bridgehead atoms. The van der Waals surface area contributed by atoms with Gasteiger partial charge in [-0.1, -0.05) is 6.92 Å². The van der Waals surface area contributed by atoms with Crippen LogP contribution in [0.3, 0.4) is 0 Å². The molecule has 9 atom stereocenters. The lowest BCUT2D eigenvalue weighted by atomic mass is 9.82. The van der Waals surface area contributed by atoms with Crippen LogP contribution >= 0.6 is 0 Å². The molecule has 0 spiro atoms. The first-order chi connectivity index (χ1) is 20.2. The molecule has 1 aromatic heterocycles. The van der Waals surface area contributed by atoms with Crippen LogP contribution in [0.4, 0.5) is 0 Å². The zero-order valence-corrected chi connectivity index (χ0v) is 22.8. The lowest BCUT2D eigenvalue weighted by Gasteiger charge is -2.39. The zero-order chi connectivity index (χ0) is 31.7. The van der Waals surface area contributed by atoms with Gasteiger partial charge >= 0.3 is 0 Å². The lowest BCUT2D eigenvalue weighted by molar-refractivity contribution is -0.180. The molecule has 43 heavy (non-hydrogen) atoms. The highest BCUT2D eigenvalue weighted by molar-refractivity contribution is 5.88. The van der Waals surface area contributed by atoms with Gasteiger partial charge in [-0.25, -0.2) is 0 Å². The summed E-state index contributed by atoms with van der Waals surface area (Å²) in [6, 6.07) is 5.10. The molecular formula is C28H34O15. The fourth-order valence-corrected chi connectivity index (χ4v) is 4.90. The molecule has 3 aromatic rings. The molecule has 0 unspecified atom stereocenters. The van der Waals surface area contributed by atoms with E-state index in [1.807, 2.05) is 0 Å². The summed E-state index contributed by atoms with van der Waals surface area (Å²) in [6.45, 7) is 1.40. The van der Waals surface area contributed by atoms with E-state index in [9.17, 15) is 61.0 Å². The van der Waals surface area contributed by atoms with E-state index in [2.05, 4.69) is 0 Å². The van der Waals surface area contributed by atoms with E-state index in [4.69, 9.17) is 13.9 Å². The van der Waals surface area contributed by atoms with Crippen molar-refractivity contribution in [3.05, 3.63) is 40.6 Å². The van der Waals surface area contributed by atoms with Crippen molar-refractivity contribution in [2.75, 3.05) is 6.61 Å². The van der Waals surface area contributed by atoms with Crippen molar-refractivity contribution in [2.24, 2.45) is 5.92 Å². The Hall–Kier alpha value is -3.67. The number of hydrogen-bond donors (Lipinski definition) is 11. The minimum Gasteiger partial charge on any atom is -0.508 e. The number of fused-ring (bicyclic) bond motifs is 1. The average molecular weight is 611 g/mol. The number of aliphatic hydroxyl groups is 7. The van der Waals surface area contributed by atoms with Gasteiger partial charge in [-0.3, -0.25) is 4.79 Å². The predicted octanol–water partition coefficient (Wildman–Crippen LogP) is -1.04. The molecule has 1 fully saturated rings. The van der Waals surface area contributed by atoms with E-state index in [0.29, 0.717) is 0 Å². The van der Waals surface area contributed by atoms with Gasteiger partial charge in [0.05, 0.1) is 18.3 Å². The van der Waals surface area contributed by atoms with Gasteiger partial charge in [0.15, 0.2) is 17.3 Å². The molecule has 15 nitrogen and oxygen atoms in total. The van der Waals surface area contributed by atoms with Crippen LogP contribution in [-0.2, 0) is 4.74 Å². The second-order valence-electron chi connectivity index (χ2n) is 10.6. The molecule has 1 aliphatic rings. The van der Waals surface area contributed by atoms with Gasteiger partial charge in [0.2, 0.25) is 17.5 Å². The topological polar surface area (TPSA) is 271 Å². The minimum absolute atomic E-state index is 0.0663. The van der Waals surface area contributed by atoms with Crippen LogP contribution in [0.25, 0.3) is 22.3 Å². The third-order valence-electron chi connectivity index (χ3n) is 7.44. The Kier molecular flexibility index (Phi) is 9.68. The first-order valence-electron chi connectivity index (χ1n) is 13.3. The highest BCUT2D eigenvalue weighted by atomic mass is 16.6. The van der Waals surface area contributed by atoms with Gasteiger partial charge < -0.3 is 70.1 Å². The molecule has 0 aliphatic heterocycles.